The fourth-order valence-electron chi connectivity index (χ4n) is 1.64. The van der Waals surface area contributed by atoms with E-state index in [0.29, 0.717) is 13.2 Å². The zero-order chi connectivity index (χ0) is 14.3. The Kier molecular flexibility index (Phi) is 5.87. The molecule has 3 nitrogen and oxygen atoms in total. The number of carbonyl (C=O) groups excluding carboxylic acids is 1. The molecule has 0 unspecified atom stereocenters. The molecule has 0 bridgehead atoms. The van der Waals surface area contributed by atoms with Crippen LogP contribution in [0, 0.1) is 5.41 Å². The van der Waals surface area contributed by atoms with Gasteiger partial charge in [0.2, 0.25) is 5.91 Å². The maximum Gasteiger partial charge on any atom is 0.225 e. The van der Waals surface area contributed by atoms with Crippen LogP contribution in [0.15, 0.2) is 24.3 Å². The van der Waals surface area contributed by atoms with Crippen LogP contribution in [0.25, 0.3) is 0 Å². The Hall–Kier alpha value is -1.51. The van der Waals surface area contributed by atoms with Gasteiger partial charge in [-0.1, -0.05) is 46.2 Å². The average Bonchev–Trinajstić information content (AvgIpc) is 2.35. The van der Waals surface area contributed by atoms with E-state index in [1.54, 1.807) is 0 Å². The first-order chi connectivity index (χ1) is 8.93. The van der Waals surface area contributed by atoms with Gasteiger partial charge in [-0.15, -0.1) is 0 Å². The molecule has 0 spiro atoms. The number of aryl methyl sites for hydroxylation is 1. The van der Waals surface area contributed by atoms with E-state index in [1.807, 2.05) is 32.9 Å². The molecule has 1 aromatic rings. The maximum atomic E-state index is 11.6. The van der Waals surface area contributed by atoms with Crippen LogP contribution in [0.1, 0.15) is 39.7 Å². The van der Waals surface area contributed by atoms with E-state index in [4.69, 9.17) is 4.74 Å². The fourth-order valence-corrected chi connectivity index (χ4v) is 1.64. The molecule has 0 radical (unpaired) electrons. The van der Waals surface area contributed by atoms with E-state index in [9.17, 15) is 4.79 Å². The molecule has 0 atom stereocenters. The summed E-state index contributed by atoms with van der Waals surface area (Å²) in [5.74, 6) is 0.902. The molecule has 0 aliphatic rings. The molecule has 1 aromatic carbocycles. The summed E-state index contributed by atoms with van der Waals surface area (Å²) < 4.78 is 5.59. The van der Waals surface area contributed by atoms with Crippen molar-refractivity contribution < 1.29 is 9.53 Å². The maximum absolute atomic E-state index is 11.6. The van der Waals surface area contributed by atoms with E-state index in [-0.39, 0.29) is 11.3 Å². The van der Waals surface area contributed by atoms with Gasteiger partial charge in [-0.05, 0) is 24.1 Å². The zero-order valence-corrected chi connectivity index (χ0v) is 12.5. The molecule has 0 aliphatic carbocycles. The largest absolute Gasteiger partial charge is 0.492 e. The summed E-state index contributed by atoms with van der Waals surface area (Å²) in [5.41, 5.74) is 0.984. The number of carbonyl (C=O) groups is 1. The van der Waals surface area contributed by atoms with Crippen molar-refractivity contribution in [1.29, 1.82) is 0 Å². The van der Waals surface area contributed by atoms with Crippen LogP contribution in [0.2, 0.25) is 0 Å². The van der Waals surface area contributed by atoms with Crippen LogP contribution in [0.5, 0.6) is 5.75 Å². The smallest absolute Gasteiger partial charge is 0.225 e. The number of hydrogen-bond acceptors (Lipinski definition) is 2. The highest BCUT2D eigenvalue weighted by Crippen LogP contribution is 2.14. The number of rotatable bonds is 6. The molecular weight excluding hydrogens is 238 g/mol. The number of ether oxygens (including phenoxy) is 1. The minimum atomic E-state index is -0.345. The van der Waals surface area contributed by atoms with Gasteiger partial charge in [-0.3, -0.25) is 4.79 Å². The first-order valence-electron chi connectivity index (χ1n) is 6.93. The van der Waals surface area contributed by atoms with Crippen molar-refractivity contribution in [3.8, 4) is 5.75 Å². The van der Waals surface area contributed by atoms with Crippen LogP contribution in [0.4, 0.5) is 0 Å². The lowest BCUT2D eigenvalue weighted by atomic mass is 9.96. The molecule has 106 valence electrons. The third-order valence-corrected chi connectivity index (χ3v) is 2.80. The fraction of sp³-hybridized carbons (Fsp3) is 0.562. The average molecular weight is 263 g/mol. The molecule has 1 rings (SSSR count). The number of hydrogen-bond donors (Lipinski definition) is 1. The van der Waals surface area contributed by atoms with Crippen LogP contribution >= 0.6 is 0 Å². The second-order valence-corrected chi connectivity index (χ2v) is 5.75. The number of amides is 1. The van der Waals surface area contributed by atoms with Crippen molar-refractivity contribution in [2.45, 2.75) is 40.5 Å². The Morgan fingerprint density at radius 2 is 1.84 bits per heavy atom. The van der Waals surface area contributed by atoms with Crippen molar-refractivity contribution in [3.05, 3.63) is 29.8 Å². The van der Waals surface area contributed by atoms with Crippen molar-refractivity contribution >= 4 is 5.91 Å². The highest BCUT2D eigenvalue weighted by molar-refractivity contribution is 5.81. The highest BCUT2D eigenvalue weighted by atomic mass is 16.5. The lowest BCUT2D eigenvalue weighted by molar-refractivity contribution is -0.128. The molecule has 0 aromatic heterocycles. The second-order valence-electron chi connectivity index (χ2n) is 5.75. The van der Waals surface area contributed by atoms with E-state index in [0.717, 1.165) is 18.6 Å². The Morgan fingerprint density at radius 1 is 1.21 bits per heavy atom. The van der Waals surface area contributed by atoms with E-state index in [2.05, 4.69) is 24.4 Å². The van der Waals surface area contributed by atoms with Gasteiger partial charge >= 0.3 is 0 Å². The Morgan fingerprint density at radius 3 is 2.37 bits per heavy atom. The van der Waals surface area contributed by atoms with Crippen molar-refractivity contribution in [3.63, 3.8) is 0 Å². The third kappa shape index (κ3) is 5.77. The Bertz CT molecular complexity index is 390. The summed E-state index contributed by atoms with van der Waals surface area (Å²) in [6, 6.07) is 8.15. The summed E-state index contributed by atoms with van der Waals surface area (Å²) >= 11 is 0. The number of nitrogens with one attached hydrogen (secondary N) is 1. The molecule has 0 fully saturated rings. The second kappa shape index (κ2) is 7.17. The summed E-state index contributed by atoms with van der Waals surface area (Å²) in [4.78, 5) is 11.6. The molecule has 0 saturated carbocycles. The summed E-state index contributed by atoms with van der Waals surface area (Å²) in [5, 5.41) is 2.86. The SMILES string of the molecule is CCCc1ccc(OCCNC(=O)C(C)(C)C)cc1. The van der Waals surface area contributed by atoms with E-state index < -0.39 is 0 Å². The Balaban J connectivity index is 2.28. The molecular formula is C16H25NO2. The summed E-state index contributed by atoms with van der Waals surface area (Å²) in [7, 11) is 0. The van der Waals surface area contributed by atoms with Crippen LogP contribution in [0.3, 0.4) is 0 Å². The van der Waals surface area contributed by atoms with Crippen LogP contribution < -0.4 is 10.1 Å². The first kappa shape index (κ1) is 15.5. The minimum Gasteiger partial charge on any atom is -0.492 e. The lowest BCUT2D eigenvalue weighted by Gasteiger charge is -2.17. The van der Waals surface area contributed by atoms with Crippen LogP contribution in [-0.2, 0) is 11.2 Å². The zero-order valence-electron chi connectivity index (χ0n) is 12.5. The highest BCUT2D eigenvalue weighted by Gasteiger charge is 2.20. The van der Waals surface area contributed by atoms with Crippen molar-refractivity contribution in [2.24, 2.45) is 5.41 Å². The summed E-state index contributed by atoms with van der Waals surface area (Å²) in [6.45, 7) is 8.89. The molecule has 0 aliphatic heterocycles. The van der Waals surface area contributed by atoms with Gasteiger partial charge in [-0.2, -0.15) is 0 Å². The van der Waals surface area contributed by atoms with Gasteiger partial charge in [0.25, 0.3) is 0 Å². The summed E-state index contributed by atoms with van der Waals surface area (Å²) in [6.07, 6.45) is 2.25. The topological polar surface area (TPSA) is 38.3 Å². The first-order valence-corrected chi connectivity index (χ1v) is 6.93. The van der Waals surface area contributed by atoms with Gasteiger partial charge in [0, 0.05) is 5.41 Å². The monoisotopic (exact) mass is 263 g/mol. The van der Waals surface area contributed by atoms with Gasteiger partial charge in [0.05, 0.1) is 6.54 Å². The van der Waals surface area contributed by atoms with E-state index in [1.165, 1.54) is 5.56 Å². The predicted octanol–water partition coefficient (Wildman–Crippen LogP) is 3.18. The van der Waals surface area contributed by atoms with Gasteiger partial charge in [-0.25, -0.2) is 0 Å². The van der Waals surface area contributed by atoms with Crippen LogP contribution in [-0.4, -0.2) is 19.1 Å². The molecule has 19 heavy (non-hydrogen) atoms. The molecule has 1 N–H and O–H groups in total. The molecule has 1 amide bonds. The molecule has 0 saturated heterocycles. The normalized spacial score (nSPS) is 11.2. The minimum absolute atomic E-state index is 0.0504. The number of benzene rings is 1. The molecule has 3 heteroatoms. The third-order valence-electron chi connectivity index (χ3n) is 2.80. The lowest BCUT2D eigenvalue weighted by Crippen LogP contribution is -2.37. The predicted molar refractivity (Wildman–Crippen MR) is 78.4 cm³/mol. The van der Waals surface area contributed by atoms with Crippen molar-refractivity contribution in [1.82, 2.24) is 5.32 Å². The standard InChI is InChI=1S/C16H25NO2/c1-5-6-13-7-9-14(10-8-13)19-12-11-17-15(18)16(2,3)4/h7-10H,5-6,11-12H2,1-4H3,(H,17,18). The van der Waals surface area contributed by atoms with Crippen molar-refractivity contribution in [2.75, 3.05) is 13.2 Å². The van der Waals surface area contributed by atoms with Gasteiger partial charge in [0.1, 0.15) is 12.4 Å². The Labute approximate surface area is 116 Å². The van der Waals surface area contributed by atoms with Gasteiger partial charge in [0.15, 0.2) is 0 Å². The quantitative estimate of drug-likeness (QED) is 0.801. The molecule has 0 heterocycles. The van der Waals surface area contributed by atoms with E-state index >= 15 is 0 Å². The van der Waals surface area contributed by atoms with Gasteiger partial charge < -0.3 is 10.1 Å².